The number of carbonyl (C=O) groups is 1. The van der Waals surface area contributed by atoms with Crippen molar-refractivity contribution in [2.45, 2.75) is 38.5 Å². The molecule has 3 rings (SSSR count). The number of anilines is 1. The van der Waals surface area contributed by atoms with Gasteiger partial charge in [-0.05, 0) is 24.7 Å². The van der Waals surface area contributed by atoms with Crippen molar-refractivity contribution in [3.8, 4) is 0 Å². The summed E-state index contributed by atoms with van der Waals surface area (Å²) >= 11 is 1.28. The lowest BCUT2D eigenvalue weighted by Gasteiger charge is -2.53. The molecule has 24 heavy (non-hydrogen) atoms. The van der Waals surface area contributed by atoms with E-state index in [-0.39, 0.29) is 25.5 Å². The van der Waals surface area contributed by atoms with Gasteiger partial charge >= 0.3 is 12.2 Å². The molecule has 1 aromatic rings. The number of thiazole rings is 1. The molecule has 0 bridgehead atoms. The molecule has 1 aromatic heterocycles. The normalized spacial score (nSPS) is 23.2. The largest absolute Gasteiger partial charge is 0.392 e. The Hall–Kier alpha value is -1.35. The number of urea groups is 1. The van der Waals surface area contributed by atoms with E-state index in [0.717, 1.165) is 6.42 Å². The van der Waals surface area contributed by atoms with E-state index in [9.17, 15) is 18.0 Å². The zero-order valence-corrected chi connectivity index (χ0v) is 14.2. The van der Waals surface area contributed by atoms with Crippen molar-refractivity contribution in [3.63, 3.8) is 0 Å². The van der Waals surface area contributed by atoms with E-state index in [1.165, 1.54) is 16.2 Å². The van der Waals surface area contributed by atoms with Gasteiger partial charge in [-0.3, -0.25) is 5.32 Å². The van der Waals surface area contributed by atoms with Gasteiger partial charge in [-0.1, -0.05) is 6.42 Å². The number of likely N-dealkylation sites (tertiary alicyclic amines) is 1. The van der Waals surface area contributed by atoms with Crippen LogP contribution in [-0.4, -0.2) is 42.3 Å². The molecule has 1 saturated heterocycles. The molecule has 2 heterocycles. The number of halogens is 3. The number of piperidine rings is 1. The first-order valence-electron chi connectivity index (χ1n) is 7.90. The number of carbonyl (C=O) groups excluding carboxylic acids is 1. The van der Waals surface area contributed by atoms with Crippen molar-refractivity contribution < 1.29 is 22.7 Å². The number of alkyl halides is 3. The SMILES string of the molecule is COCc1csc(NC(=O)N2CCC(C(F)(F)F)C3(CCC3)C2)n1. The summed E-state index contributed by atoms with van der Waals surface area (Å²) in [6, 6.07) is -0.375. The second-order valence-corrected chi connectivity index (χ2v) is 7.39. The molecular formula is C15H20F3N3O2S. The maximum absolute atomic E-state index is 13.3. The van der Waals surface area contributed by atoms with Gasteiger partial charge in [-0.2, -0.15) is 13.2 Å². The molecule has 2 aliphatic rings. The molecular weight excluding hydrogens is 343 g/mol. The van der Waals surface area contributed by atoms with E-state index in [2.05, 4.69) is 10.3 Å². The Balaban J connectivity index is 1.64. The zero-order chi connectivity index (χ0) is 17.4. The lowest BCUT2D eigenvalue weighted by molar-refractivity contribution is -0.234. The second-order valence-electron chi connectivity index (χ2n) is 6.53. The summed E-state index contributed by atoms with van der Waals surface area (Å²) in [6.07, 6.45) is -2.33. The van der Waals surface area contributed by atoms with Crippen LogP contribution in [0.3, 0.4) is 0 Å². The molecule has 0 aromatic carbocycles. The van der Waals surface area contributed by atoms with Gasteiger partial charge in [0.15, 0.2) is 5.13 Å². The smallest absolute Gasteiger partial charge is 0.378 e. The number of aromatic nitrogens is 1. The predicted octanol–water partition coefficient (Wildman–Crippen LogP) is 3.88. The first kappa shape index (κ1) is 17.5. The van der Waals surface area contributed by atoms with Crippen LogP contribution >= 0.6 is 11.3 Å². The van der Waals surface area contributed by atoms with Gasteiger partial charge in [0.1, 0.15) is 0 Å². The molecule has 1 N–H and O–H groups in total. The van der Waals surface area contributed by atoms with Crippen molar-refractivity contribution in [1.82, 2.24) is 9.88 Å². The average Bonchev–Trinajstić information content (AvgIpc) is 2.91. The van der Waals surface area contributed by atoms with Crippen LogP contribution in [0.5, 0.6) is 0 Å². The Labute approximate surface area is 142 Å². The quantitative estimate of drug-likeness (QED) is 0.887. The minimum atomic E-state index is -4.19. The van der Waals surface area contributed by atoms with E-state index >= 15 is 0 Å². The maximum Gasteiger partial charge on any atom is 0.392 e. The highest BCUT2D eigenvalue weighted by atomic mass is 32.1. The van der Waals surface area contributed by atoms with Crippen molar-refractivity contribution in [3.05, 3.63) is 11.1 Å². The summed E-state index contributed by atoms with van der Waals surface area (Å²) < 4.78 is 44.8. The van der Waals surface area contributed by atoms with Gasteiger partial charge in [0.25, 0.3) is 0 Å². The predicted molar refractivity (Wildman–Crippen MR) is 83.9 cm³/mol. The fraction of sp³-hybridized carbons (Fsp3) is 0.733. The monoisotopic (exact) mass is 363 g/mol. The Morgan fingerprint density at radius 2 is 2.29 bits per heavy atom. The van der Waals surface area contributed by atoms with Crippen molar-refractivity contribution in [1.29, 1.82) is 0 Å². The van der Waals surface area contributed by atoms with Crippen LogP contribution in [0, 0.1) is 11.3 Å². The van der Waals surface area contributed by atoms with Crippen LogP contribution in [0.15, 0.2) is 5.38 Å². The van der Waals surface area contributed by atoms with Crippen LogP contribution in [0.4, 0.5) is 23.1 Å². The Morgan fingerprint density at radius 1 is 1.54 bits per heavy atom. The van der Waals surface area contributed by atoms with E-state index in [4.69, 9.17) is 4.74 Å². The average molecular weight is 363 g/mol. The topological polar surface area (TPSA) is 54.5 Å². The van der Waals surface area contributed by atoms with Crippen molar-refractivity contribution in [2.75, 3.05) is 25.5 Å². The number of amides is 2. The number of rotatable bonds is 3. The second kappa shape index (κ2) is 6.51. The molecule has 1 atom stereocenters. The summed E-state index contributed by atoms with van der Waals surface area (Å²) in [4.78, 5) is 18.1. The third-order valence-corrected chi connectivity index (χ3v) is 5.83. The molecule has 5 nitrogen and oxygen atoms in total. The molecule has 1 saturated carbocycles. The highest BCUT2D eigenvalue weighted by Gasteiger charge is 2.58. The number of nitrogens with zero attached hydrogens (tertiary/aromatic N) is 2. The summed E-state index contributed by atoms with van der Waals surface area (Å²) in [5.74, 6) is -1.30. The molecule has 1 aliphatic carbocycles. The lowest BCUT2D eigenvalue weighted by Crippen LogP contribution is -2.58. The fourth-order valence-corrected chi connectivity index (χ4v) is 4.42. The third kappa shape index (κ3) is 3.37. The van der Waals surface area contributed by atoms with Gasteiger partial charge in [-0.15, -0.1) is 11.3 Å². The summed E-state index contributed by atoms with van der Waals surface area (Å²) in [5.41, 5.74) is -0.0816. The van der Waals surface area contributed by atoms with Crippen LogP contribution in [0.25, 0.3) is 0 Å². The molecule has 2 fully saturated rings. The first-order chi connectivity index (χ1) is 11.3. The summed E-state index contributed by atoms with van der Waals surface area (Å²) in [6.45, 7) is 0.639. The molecule has 0 radical (unpaired) electrons. The maximum atomic E-state index is 13.3. The highest BCUT2D eigenvalue weighted by molar-refractivity contribution is 7.13. The molecule has 1 aliphatic heterocycles. The van der Waals surface area contributed by atoms with Gasteiger partial charge in [0.05, 0.1) is 18.2 Å². The molecule has 2 amide bonds. The van der Waals surface area contributed by atoms with E-state index in [1.807, 2.05) is 0 Å². The van der Waals surface area contributed by atoms with Gasteiger partial charge in [0.2, 0.25) is 0 Å². The third-order valence-electron chi connectivity index (χ3n) is 5.02. The molecule has 1 unspecified atom stereocenters. The molecule has 1 spiro atoms. The van der Waals surface area contributed by atoms with Gasteiger partial charge in [-0.25, -0.2) is 9.78 Å². The van der Waals surface area contributed by atoms with Crippen LogP contribution in [0.2, 0.25) is 0 Å². The van der Waals surface area contributed by atoms with Crippen molar-refractivity contribution in [2.24, 2.45) is 11.3 Å². The highest BCUT2D eigenvalue weighted by Crippen LogP contribution is 2.56. The number of ether oxygens (including phenoxy) is 1. The zero-order valence-electron chi connectivity index (χ0n) is 13.4. The van der Waals surface area contributed by atoms with E-state index in [0.29, 0.717) is 30.3 Å². The van der Waals surface area contributed by atoms with Crippen LogP contribution in [-0.2, 0) is 11.3 Å². The summed E-state index contributed by atoms with van der Waals surface area (Å²) in [5, 5.41) is 4.91. The minimum Gasteiger partial charge on any atom is -0.378 e. The van der Waals surface area contributed by atoms with Crippen molar-refractivity contribution >= 4 is 22.5 Å². The molecule has 9 heteroatoms. The van der Waals surface area contributed by atoms with Crippen LogP contribution in [0.1, 0.15) is 31.4 Å². The van der Waals surface area contributed by atoms with Crippen LogP contribution < -0.4 is 5.32 Å². The number of nitrogens with one attached hydrogen (secondary N) is 1. The first-order valence-corrected chi connectivity index (χ1v) is 8.78. The minimum absolute atomic E-state index is 0.0241. The standard InChI is InChI=1S/C15H20F3N3O2S/c1-23-7-10-8-24-12(19-10)20-13(22)21-6-3-11(15(16,17)18)14(9-21)4-2-5-14/h8,11H,2-7,9H2,1H3,(H,19,20,22). The lowest BCUT2D eigenvalue weighted by atomic mass is 9.58. The summed E-state index contributed by atoms with van der Waals surface area (Å²) in [7, 11) is 1.56. The number of hydrogen-bond acceptors (Lipinski definition) is 4. The van der Waals surface area contributed by atoms with E-state index in [1.54, 1.807) is 12.5 Å². The van der Waals surface area contributed by atoms with Gasteiger partial charge < -0.3 is 9.64 Å². The number of hydrogen-bond donors (Lipinski definition) is 1. The Bertz CT molecular complexity index is 601. The Morgan fingerprint density at radius 3 is 2.88 bits per heavy atom. The Kier molecular flexibility index (Phi) is 4.74. The van der Waals surface area contributed by atoms with Gasteiger partial charge in [0, 0.05) is 25.6 Å². The van der Waals surface area contributed by atoms with E-state index < -0.39 is 17.5 Å². The number of methoxy groups -OCH3 is 1. The fourth-order valence-electron chi connectivity index (χ4n) is 3.73. The molecule has 134 valence electrons.